The van der Waals surface area contributed by atoms with Crippen LogP contribution in [-0.4, -0.2) is 11.5 Å². The minimum atomic E-state index is -0.377. The molecule has 0 fully saturated rings. The normalized spacial score (nSPS) is 12.4. The van der Waals surface area contributed by atoms with E-state index in [2.05, 4.69) is 16.4 Å². The Kier molecular flexibility index (Phi) is 5.32. The summed E-state index contributed by atoms with van der Waals surface area (Å²) in [6, 6.07) is 7.06. The second kappa shape index (κ2) is 7.01. The molecule has 2 aromatic rings. The molecule has 2 nitrogen and oxygen atoms in total. The third-order valence-corrected chi connectivity index (χ3v) is 3.91. The van der Waals surface area contributed by atoms with Gasteiger partial charge in [0.15, 0.2) is 0 Å². The lowest BCUT2D eigenvalue weighted by molar-refractivity contribution is 0.531. The van der Waals surface area contributed by atoms with Crippen LogP contribution in [0.5, 0.6) is 0 Å². The molecule has 0 aliphatic heterocycles. The van der Waals surface area contributed by atoms with E-state index in [-0.39, 0.29) is 16.9 Å². The molecule has 2 rings (SSSR count). The number of hydrogen-bond acceptors (Lipinski definition) is 2. The zero-order chi connectivity index (χ0) is 15.4. The summed E-state index contributed by atoms with van der Waals surface area (Å²) < 4.78 is 13.6. The van der Waals surface area contributed by atoms with Crippen LogP contribution in [0.4, 0.5) is 4.39 Å². The van der Waals surface area contributed by atoms with Crippen molar-refractivity contribution in [1.29, 1.82) is 0 Å². The summed E-state index contributed by atoms with van der Waals surface area (Å²) in [6.07, 6.45) is 2.47. The van der Waals surface area contributed by atoms with Gasteiger partial charge >= 0.3 is 0 Å². The Hall–Kier alpha value is -1.45. The Balaban J connectivity index is 2.33. The largest absolute Gasteiger partial charge is 0.309 e. The quantitative estimate of drug-likeness (QED) is 0.886. The fourth-order valence-corrected chi connectivity index (χ4v) is 2.73. The van der Waals surface area contributed by atoms with Crippen molar-refractivity contribution in [2.75, 3.05) is 6.54 Å². The zero-order valence-electron chi connectivity index (χ0n) is 12.6. The minimum Gasteiger partial charge on any atom is -0.309 e. The molecule has 0 aliphatic rings. The molecular formula is C17H20ClFN2. The van der Waals surface area contributed by atoms with E-state index < -0.39 is 0 Å². The van der Waals surface area contributed by atoms with Crippen LogP contribution in [0, 0.1) is 19.7 Å². The van der Waals surface area contributed by atoms with Crippen LogP contribution in [-0.2, 0) is 6.42 Å². The van der Waals surface area contributed by atoms with E-state index in [9.17, 15) is 4.39 Å². The maximum atomic E-state index is 13.6. The molecule has 112 valence electrons. The fraction of sp³-hybridized carbons (Fsp3) is 0.353. The molecule has 21 heavy (non-hydrogen) atoms. The first kappa shape index (κ1) is 15.9. The van der Waals surface area contributed by atoms with Crippen molar-refractivity contribution in [3.63, 3.8) is 0 Å². The molecular weight excluding hydrogens is 287 g/mol. The highest BCUT2D eigenvalue weighted by Gasteiger charge is 2.17. The van der Waals surface area contributed by atoms with Crippen LogP contribution < -0.4 is 5.32 Å². The Morgan fingerprint density at radius 1 is 1.33 bits per heavy atom. The first-order valence-corrected chi connectivity index (χ1v) is 7.50. The lowest BCUT2D eigenvalue weighted by atomic mass is 9.99. The van der Waals surface area contributed by atoms with Crippen molar-refractivity contribution >= 4 is 11.6 Å². The Morgan fingerprint density at radius 3 is 2.76 bits per heavy atom. The van der Waals surface area contributed by atoms with Crippen molar-refractivity contribution in [2.45, 2.75) is 33.2 Å². The number of rotatable bonds is 5. The summed E-state index contributed by atoms with van der Waals surface area (Å²) in [5, 5.41) is 3.61. The predicted octanol–water partition coefficient (Wildman–Crippen LogP) is 4.38. The van der Waals surface area contributed by atoms with Crippen LogP contribution >= 0.6 is 11.6 Å². The van der Waals surface area contributed by atoms with Gasteiger partial charge in [-0.2, -0.15) is 0 Å². The highest BCUT2D eigenvalue weighted by molar-refractivity contribution is 6.31. The molecule has 1 aromatic carbocycles. The molecule has 0 radical (unpaired) electrons. The summed E-state index contributed by atoms with van der Waals surface area (Å²) in [7, 11) is 0. The topological polar surface area (TPSA) is 24.9 Å². The minimum absolute atomic E-state index is 0.0231. The monoisotopic (exact) mass is 306 g/mol. The molecule has 1 unspecified atom stereocenters. The van der Waals surface area contributed by atoms with Gasteiger partial charge in [-0.3, -0.25) is 4.98 Å². The maximum Gasteiger partial charge on any atom is 0.142 e. The predicted molar refractivity (Wildman–Crippen MR) is 85.2 cm³/mol. The van der Waals surface area contributed by atoms with Crippen LogP contribution in [0.15, 0.2) is 30.5 Å². The lowest BCUT2D eigenvalue weighted by Gasteiger charge is -2.20. The van der Waals surface area contributed by atoms with Crippen LogP contribution in [0.3, 0.4) is 0 Å². The third kappa shape index (κ3) is 3.80. The van der Waals surface area contributed by atoms with Gasteiger partial charge in [0, 0.05) is 6.20 Å². The summed E-state index contributed by atoms with van der Waals surface area (Å²) in [5.74, 6) is -0.377. The van der Waals surface area contributed by atoms with Crippen LogP contribution in [0.25, 0.3) is 0 Å². The Morgan fingerprint density at radius 2 is 2.10 bits per heavy atom. The van der Waals surface area contributed by atoms with Crippen LogP contribution in [0.1, 0.15) is 35.3 Å². The van der Waals surface area contributed by atoms with E-state index in [0.717, 1.165) is 28.9 Å². The average molecular weight is 307 g/mol. The zero-order valence-corrected chi connectivity index (χ0v) is 13.3. The fourth-order valence-electron chi connectivity index (χ4n) is 2.53. The van der Waals surface area contributed by atoms with Gasteiger partial charge in [0.25, 0.3) is 0 Å². The van der Waals surface area contributed by atoms with Crippen molar-refractivity contribution in [3.05, 3.63) is 63.7 Å². The number of halogens is 2. The summed E-state index contributed by atoms with van der Waals surface area (Å²) >= 11 is 6.07. The smallest absolute Gasteiger partial charge is 0.142 e. The van der Waals surface area contributed by atoms with Gasteiger partial charge < -0.3 is 5.32 Å². The highest BCUT2D eigenvalue weighted by Crippen LogP contribution is 2.26. The molecule has 4 heteroatoms. The lowest BCUT2D eigenvalue weighted by Crippen LogP contribution is -2.25. The van der Waals surface area contributed by atoms with Crippen molar-refractivity contribution in [1.82, 2.24) is 10.3 Å². The molecule has 0 bridgehead atoms. The van der Waals surface area contributed by atoms with Crippen molar-refractivity contribution < 1.29 is 4.39 Å². The highest BCUT2D eigenvalue weighted by atomic mass is 35.5. The molecule has 0 spiro atoms. The molecule has 0 saturated heterocycles. The molecule has 1 N–H and O–H groups in total. The van der Waals surface area contributed by atoms with E-state index in [1.165, 1.54) is 6.07 Å². The van der Waals surface area contributed by atoms with E-state index in [1.54, 1.807) is 6.07 Å². The molecule has 0 aliphatic carbocycles. The van der Waals surface area contributed by atoms with E-state index in [1.807, 2.05) is 33.0 Å². The number of benzene rings is 1. The van der Waals surface area contributed by atoms with E-state index in [0.29, 0.717) is 6.42 Å². The van der Waals surface area contributed by atoms with Gasteiger partial charge in [-0.05, 0) is 49.6 Å². The number of aromatic nitrogens is 1. The number of nitrogens with one attached hydrogen (secondary N) is 1. The molecule has 1 aromatic heterocycles. The first-order chi connectivity index (χ1) is 10.0. The van der Waals surface area contributed by atoms with Gasteiger partial charge in [-0.25, -0.2) is 4.39 Å². The summed E-state index contributed by atoms with van der Waals surface area (Å²) in [4.78, 5) is 4.55. The van der Waals surface area contributed by atoms with Crippen LogP contribution in [0.2, 0.25) is 5.02 Å². The Labute approximate surface area is 130 Å². The molecule has 0 amide bonds. The van der Waals surface area contributed by atoms with Gasteiger partial charge in [-0.1, -0.05) is 36.7 Å². The molecule has 1 heterocycles. The summed E-state index contributed by atoms with van der Waals surface area (Å²) in [5.41, 5.74) is 4.05. The Bertz CT molecular complexity index is 628. The average Bonchev–Trinajstić information content (AvgIpc) is 2.43. The first-order valence-electron chi connectivity index (χ1n) is 7.12. The van der Waals surface area contributed by atoms with Gasteiger partial charge in [0.05, 0.1) is 16.8 Å². The van der Waals surface area contributed by atoms with Gasteiger partial charge in [0.2, 0.25) is 0 Å². The van der Waals surface area contributed by atoms with E-state index >= 15 is 0 Å². The van der Waals surface area contributed by atoms with Crippen molar-refractivity contribution in [2.24, 2.45) is 0 Å². The van der Waals surface area contributed by atoms with Crippen molar-refractivity contribution in [3.8, 4) is 0 Å². The number of likely N-dealkylation sites (N-methyl/N-ethyl adjacent to an activating group) is 1. The van der Waals surface area contributed by atoms with E-state index in [4.69, 9.17) is 11.6 Å². The second-order valence-corrected chi connectivity index (χ2v) is 5.62. The number of pyridine rings is 1. The molecule has 0 saturated carbocycles. The maximum absolute atomic E-state index is 13.6. The number of nitrogens with zero attached hydrogens (tertiary/aromatic N) is 1. The standard InChI is InChI=1S/C17H20ClFN2/c1-4-20-15(17-12(3)8-11(2)10-21-17)9-13-6-5-7-14(19)16(13)18/h5-8,10,15,20H,4,9H2,1-3H3. The van der Waals surface area contributed by atoms with Gasteiger partial charge in [-0.15, -0.1) is 0 Å². The SMILES string of the molecule is CCNC(Cc1cccc(F)c1Cl)c1ncc(C)cc1C. The van der Waals surface area contributed by atoms with Gasteiger partial charge in [0.1, 0.15) is 5.82 Å². The summed E-state index contributed by atoms with van der Waals surface area (Å²) in [6.45, 7) is 6.93. The number of hydrogen-bond donors (Lipinski definition) is 1. The molecule has 1 atom stereocenters. The second-order valence-electron chi connectivity index (χ2n) is 5.24. The third-order valence-electron chi connectivity index (χ3n) is 3.49. The number of aryl methyl sites for hydroxylation is 2.